The van der Waals surface area contributed by atoms with Crippen molar-refractivity contribution in [2.75, 3.05) is 13.1 Å². The van der Waals surface area contributed by atoms with Gasteiger partial charge in [0.25, 0.3) is 0 Å². The van der Waals surface area contributed by atoms with Gasteiger partial charge in [0.2, 0.25) is 5.91 Å². The lowest BCUT2D eigenvalue weighted by atomic mass is 9.96. The maximum absolute atomic E-state index is 12.9. The van der Waals surface area contributed by atoms with Crippen molar-refractivity contribution in [1.82, 2.24) is 25.0 Å². The summed E-state index contributed by atoms with van der Waals surface area (Å²) < 4.78 is 2.08. The molecule has 0 radical (unpaired) electrons. The molecule has 1 N–H and O–H groups in total. The third-order valence-electron chi connectivity index (χ3n) is 5.10. The van der Waals surface area contributed by atoms with Gasteiger partial charge in [-0.15, -0.1) is 10.2 Å². The molecule has 0 bridgehead atoms. The highest BCUT2D eigenvalue weighted by Gasteiger charge is 2.35. The summed E-state index contributed by atoms with van der Waals surface area (Å²) in [5.41, 5.74) is 1.14. The Kier molecular flexibility index (Phi) is 4.06. The Morgan fingerprint density at radius 3 is 2.67 bits per heavy atom. The number of carbonyl (C=O) groups excluding carboxylic acids is 1. The van der Waals surface area contributed by atoms with Gasteiger partial charge in [-0.1, -0.05) is 30.3 Å². The Morgan fingerprint density at radius 1 is 1.17 bits per heavy atom. The van der Waals surface area contributed by atoms with E-state index in [4.69, 9.17) is 0 Å². The van der Waals surface area contributed by atoms with E-state index in [2.05, 4.69) is 32.2 Å². The third-order valence-corrected chi connectivity index (χ3v) is 5.10. The zero-order valence-electron chi connectivity index (χ0n) is 14.0. The number of hydrogen-bond donors (Lipinski definition) is 1. The first kappa shape index (κ1) is 15.3. The van der Waals surface area contributed by atoms with Gasteiger partial charge in [-0.25, -0.2) is 0 Å². The first-order valence-corrected chi connectivity index (χ1v) is 8.71. The molecule has 2 aromatic rings. The number of piperidine rings is 1. The molecule has 1 amide bonds. The largest absolute Gasteiger partial charge is 0.329 e. The third kappa shape index (κ3) is 2.71. The van der Waals surface area contributed by atoms with E-state index in [0.29, 0.717) is 19.0 Å². The summed E-state index contributed by atoms with van der Waals surface area (Å²) in [6.45, 7) is 5.15. The predicted octanol–water partition coefficient (Wildman–Crippen LogP) is 1.85. The van der Waals surface area contributed by atoms with Gasteiger partial charge in [0.05, 0.1) is 6.54 Å². The number of nitrogens with zero attached hydrogens (tertiary/aromatic N) is 4. The molecule has 0 aliphatic carbocycles. The highest BCUT2D eigenvalue weighted by molar-refractivity contribution is 5.81. The van der Waals surface area contributed by atoms with E-state index in [1.165, 1.54) is 0 Å². The van der Waals surface area contributed by atoms with E-state index in [-0.39, 0.29) is 11.9 Å². The number of rotatable bonds is 3. The minimum atomic E-state index is -0.225. The minimum absolute atomic E-state index is 0.154. The Balaban J connectivity index is 1.59. The second-order valence-electron chi connectivity index (χ2n) is 6.72. The fourth-order valence-electron chi connectivity index (χ4n) is 3.79. The lowest BCUT2D eigenvalue weighted by Crippen LogP contribution is -2.42. The van der Waals surface area contributed by atoms with Gasteiger partial charge in [0.15, 0.2) is 5.82 Å². The van der Waals surface area contributed by atoms with E-state index < -0.39 is 0 Å². The van der Waals surface area contributed by atoms with Gasteiger partial charge in [0, 0.05) is 12.5 Å². The molecular weight excluding hydrogens is 302 g/mol. The first-order valence-electron chi connectivity index (χ1n) is 8.71. The van der Waals surface area contributed by atoms with Crippen molar-refractivity contribution in [3.8, 4) is 0 Å². The van der Waals surface area contributed by atoms with Crippen molar-refractivity contribution in [3.05, 3.63) is 47.5 Å². The Hall–Kier alpha value is -2.21. The monoisotopic (exact) mass is 325 g/mol. The van der Waals surface area contributed by atoms with Gasteiger partial charge < -0.3 is 14.8 Å². The van der Waals surface area contributed by atoms with Gasteiger partial charge in [0.1, 0.15) is 11.9 Å². The number of amides is 1. The summed E-state index contributed by atoms with van der Waals surface area (Å²) in [5.74, 6) is 2.46. The Bertz CT molecular complexity index is 720. The van der Waals surface area contributed by atoms with E-state index in [1.54, 1.807) is 0 Å². The normalized spacial score (nSPS) is 21.8. The maximum atomic E-state index is 12.9. The summed E-state index contributed by atoms with van der Waals surface area (Å²) in [6.07, 6.45) is 2.12. The van der Waals surface area contributed by atoms with Crippen LogP contribution in [0.4, 0.5) is 0 Å². The maximum Gasteiger partial charge on any atom is 0.246 e. The van der Waals surface area contributed by atoms with E-state index in [9.17, 15) is 4.79 Å². The topological polar surface area (TPSA) is 63.1 Å². The molecule has 6 heteroatoms. The standard InChI is InChI=1S/C18H23N5O/c1-13-18(24)22(11-14-5-3-2-4-6-14)12-16-20-21-17(23(13)16)15-7-9-19-10-8-15/h2-6,13,15,19H,7-12H2,1H3/t13-/m1/s1. The highest BCUT2D eigenvalue weighted by atomic mass is 16.2. The van der Waals surface area contributed by atoms with Gasteiger partial charge >= 0.3 is 0 Å². The van der Waals surface area contributed by atoms with Crippen molar-refractivity contribution in [2.45, 2.75) is 44.8 Å². The molecule has 0 spiro atoms. The van der Waals surface area contributed by atoms with Gasteiger partial charge in [-0.05, 0) is 38.4 Å². The van der Waals surface area contributed by atoms with Crippen LogP contribution in [0.1, 0.15) is 48.9 Å². The first-order chi connectivity index (χ1) is 11.7. The molecule has 2 aliphatic rings. The quantitative estimate of drug-likeness (QED) is 0.935. The Labute approximate surface area is 141 Å². The molecule has 6 nitrogen and oxygen atoms in total. The summed E-state index contributed by atoms with van der Waals surface area (Å²) in [6, 6.07) is 9.88. The fraction of sp³-hybridized carbons (Fsp3) is 0.500. The van der Waals surface area contributed by atoms with Crippen LogP contribution in [-0.2, 0) is 17.9 Å². The minimum Gasteiger partial charge on any atom is -0.329 e. The van der Waals surface area contributed by atoms with Crippen molar-refractivity contribution < 1.29 is 4.79 Å². The Morgan fingerprint density at radius 2 is 1.92 bits per heavy atom. The number of aromatic nitrogens is 3. The lowest BCUT2D eigenvalue weighted by Gasteiger charge is -2.33. The summed E-state index contributed by atoms with van der Waals surface area (Å²) in [7, 11) is 0. The molecule has 24 heavy (non-hydrogen) atoms. The fourth-order valence-corrected chi connectivity index (χ4v) is 3.79. The molecule has 3 heterocycles. The summed E-state index contributed by atoms with van der Waals surface area (Å²) >= 11 is 0. The number of hydrogen-bond acceptors (Lipinski definition) is 4. The second-order valence-corrected chi connectivity index (χ2v) is 6.72. The molecule has 2 aliphatic heterocycles. The van der Waals surface area contributed by atoms with E-state index in [0.717, 1.165) is 43.1 Å². The lowest BCUT2D eigenvalue weighted by molar-refractivity contribution is -0.137. The molecule has 1 aromatic carbocycles. The molecule has 1 aromatic heterocycles. The SMILES string of the molecule is C[C@@H]1C(=O)N(Cc2ccccc2)Cc2nnc(C3CCNCC3)n21. The van der Waals surface area contributed by atoms with Crippen LogP contribution >= 0.6 is 0 Å². The molecule has 0 saturated carbocycles. The van der Waals surface area contributed by atoms with Crippen LogP contribution in [0.25, 0.3) is 0 Å². The van der Waals surface area contributed by atoms with Crippen LogP contribution in [-0.4, -0.2) is 38.7 Å². The van der Waals surface area contributed by atoms with Crippen LogP contribution in [0, 0.1) is 0 Å². The van der Waals surface area contributed by atoms with Crippen LogP contribution in [0.2, 0.25) is 0 Å². The zero-order chi connectivity index (χ0) is 16.5. The van der Waals surface area contributed by atoms with Crippen LogP contribution in [0.15, 0.2) is 30.3 Å². The summed E-state index contributed by atoms with van der Waals surface area (Å²) in [5, 5.41) is 12.2. The number of carbonyl (C=O) groups is 1. The van der Waals surface area contributed by atoms with Crippen molar-refractivity contribution in [3.63, 3.8) is 0 Å². The number of benzene rings is 1. The van der Waals surface area contributed by atoms with Gasteiger partial charge in [-0.2, -0.15) is 0 Å². The molecule has 4 rings (SSSR count). The highest BCUT2D eigenvalue weighted by Crippen LogP contribution is 2.30. The summed E-state index contributed by atoms with van der Waals surface area (Å²) in [4.78, 5) is 14.7. The second kappa shape index (κ2) is 6.36. The number of nitrogens with one attached hydrogen (secondary N) is 1. The molecule has 1 atom stereocenters. The van der Waals surface area contributed by atoms with E-state index in [1.807, 2.05) is 30.0 Å². The molecule has 1 fully saturated rings. The molecule has 0 unspecified atom stereocenters. The number of fused-ring (bicyclic) bond motifs is 1. The zero-order valence-corrected chi connectivity index (χ0v) is 14.0. The van der Waals surface area contributed by atoms with Crippen LogP contribution < -0.4 is 5.32 Å². The van der Waals surface area contributed by atoms with Crippen LogP contribution in [0.3, 0.4) is 0 Å². The predicted molar refractivity (Wildman–Crippen MR) is 90.3 cm³/mol. The molecular formula is C18H23N5O. The average Bonchev–Trinajstić information content (AvgIpc) is 3.05. The van der Waals surface area contributed by atoms with Crippen molar-refractivity contribution in [1.29, 1.82) is 0 Å². The average molecular weight is 325 g/mol. The van der Waals surface area contributed by atoms with Crippen molar-refractivity contribution in [2.24, 2.45) is 0 Å². The van der Waals surface area contributed by atoms with Gasteiger partial charge in [-0.3, -0.25) is 4.79 Å². The smallest absolute Gasteiger partial charge is 0.246 e. The molecule has 126 valence electrons. The molecule has 1 saturated heterocycles. The van der Waals surface area contributed by atoms with Crippen LogP contribution in [0.5, 0.6) is 0 Å². The van der Waals surface area contributed by atoms with E-state index >= 15 is 0 Å². The van der Waals surface area contributed by atoms with Crippen molar-refractivity contribution >= 4 is 5.91 Å².